The zero-order chi connectivity index (χ0) is 18.1. The van der Waals surface area contributed by atoms with Crippen LogP contribution >= 0.6 is 0 Å². The number of hydrogen-bond donors (Lipinski definition) is 0. The molecule has 1 atom stereocenters. The first-order valence-corrected chi connectivity index (χ1v) is 9.36. The highest BCUT2D eigenvalue weighted by Gasteiger charge is 2.25. The summed E-state index contributed by atoms with van der Waals surface area (Å²) in [4.78, 5) is 19.5. The molecule has 1 aliphatic heterocycles. The number of fused-ring (bicyclic) bond motifs is 1. The number of nitrogens with zero attached hydrogens (tertiary/aromatic N) is 2. The topological polar surface area (TPSA) is 46.3 Å². The van der Waals surface area contributed by atoms with Crippen LogP contribution < -0.4 is 0 Å². The van der Waals surface area contributed by atoms with Crippen LogP contribution in [0.4, 0.5) is 0 Å². The van der Waals surface area contributed by atoms with Gasteiger partial charge in [0.1, 0.15) is 5.52 Å². The van der Waals surface area contributed by atoms with Gasteiger partial charge in [0.2, 0.25) is 0 Å². The Kier molecular flexibility index (Phi) is 4.49. The van der Waals surface area contributed by atoms with Crippen molar-refractivity contribution in [2.24, 2.45) is 0 Å². The van der Waals surface area contributed by atoms with Crippen LogP contribution in [-0.4, -0.2) is 28.9 Å². The minimum absolute atomic E-state index is 0.0848. The van der Waals surface area contributed by atoms with Crippen LogP contribution in [0.5, 0.6) is 0 Å². The minimum Gasteiger partial charge on any atom is -0.440 e. The molecule has 0 aliphatic carbocycles. The maximum Gasteiger partial charge on any atom is 0.253 e. The van der Waals surface area contributed by atoms with Gasteiger partial charge in [-0.1, -0.05) is 44.2 Å². The number of piperidine rings is 1. The SMILES string of the molecule is CC(C)c1nc2cc(C(=O)N3CCC[C@H](c4ccccc4)C3)ccc2o1. The standard InChI is InChI=1S/C22H24N2O2/c1-15(2)21-23-19-13-17(10-11-20(19)26-21)22(25)24-12-6-9-18(14-24)16-7-4-3-5-8-16/h3-5,7-8,10-11,13,15,18H,6,9,12,14H2,1-2H3/t18-/m0/s1. The summed E-state index contributed by atoms with van der Waals surface area (Å²) in [5.74, 6) is 1.45. The molecule has 4 nitrogen and oxygen atoms in total. The van der Waals surface area contributed by atoms with Crippen LogP contribution in [0.1, 0.15) is 60.3 Å². The summed E-state index contributed by atoms with van der Waals surface area (Å²) in [6.07, 6.45) is 2.17. The van der Waals surface area contributed by atoms with Crippen LogP contribution in [0.25, 0.3) is 11.1 Å². The van der Waals surface area contributed by atoms with Crippen LogP contribution in [-0.2, 0) is 0 Å². The van der Waals surface area contributed by atoms with Crippen molar-refractivity contribution in [3.8, 4) is 0 Å². The van der Waals surface area contributed by atoms with E-state index in [4.69, 9.17) is 4.42 Å². The molecule has 4 rings (SSSR count). The van der Waals surface area contributed by atoms with Crippen molar-refractivity contribution in [1.82, 2.24) is 9.88 Å². The highest BCUT2D eigenvalue weighted by atomic mass is 16.3. The van der Waals surface area contributed by atoms with Crippen molar-refractivity contribution < 1.29 is 9.21 Å². The molecule has 0 saturated carbocycles. The number of carbonyl (C=O) groups excluding carboxylic acids is 1. The third kappa shape index (κ3) is 3.24. The number of rotatable bonds is 3. The zero-order valence-electron chi connectivity index (χ0n) is 15.3. The van der Waals surface area contributed by atoms with Gasteiger partial charge in [0.15, 0.2) is 11.5 Å². The molecular weight excluding hydrogens is 324 g/mol. The maximum atomic E-state index is 13.0. The lowest BCUT2D eigenvalue weighted by atomic mass is 9.90. The summed E-state index contributed by atoms with van der Waals surface area (Å²) in [6.45, 7) is 5.69. The maximum absolute atomic E-state index is 13.0. The molecule has 2 aromatic carbocycles. The summed E-state index contributed by atoms with van der Waals surface area (Å²) in [7, 11) is 0. The average molecular weight is 348 g/mol. The van der Waals surface area contributed by atoms with E-state index in [1.165, 1.54) is 5.56 Å². The van der Waals surface area contributed by atoms with Crippen LogP contribution in [0.2, 0.25) is 0 Å². The van der Waals surface area contributed by atoms with E-state index in [0.29, 0.717) is 17.4 Å². The normalized spacial score (nSPS) is 17.8. The van der Waals surface area contributed by atoms with Crippen LogP contribution in [0.15, 0.2) is 52.9 Å². The van der Waals surface area contributed by atoms with Crippen LogP contribution in [0.3, 0.4) is 0 Å². The number of likely N-dealkylation sites (tertiary alicyclic amines) is 1. The first-order valence-electron chi connectivity index (χ1n) is 9.36. The van der Waals surface area contributed by atoms with Crippen molar-refractivity contribution in [3.05, 3.63) is 65.5 Å². The molecule has 134 valence electrons. The second-order valence-electron chi connectivity index (χ2n) is 7.39. The second-order valence-corrected chi connectivity index (χ2v) is 7.39. The van der Waals surface area contributed by atoms with Crippen molar-refractivity contribution in [1.29, 1.82) is 0 Å². The Morgan fingerprint density at radius 3 is 2.77 bits per heavy atom. The lowest BCUT2D eigenvalue weighted by molar-refractivity contribution is 0.0707. The van der Waals surface area contributed by atoms with Gasteiger partial charge in [-0.25, -0.2) is 4.98 Å². The van der Waals surface area contributed by atoms with E-state index >= 15 is 0 Å². The third-order valence-corrected chi connectivity index (χ3v) is 5.12. The fraction of sp³-hybridized carbons (Fsp3) is 0.364. The fourth-order valence-electron chi connectivity index (χ4n) is 3.67. The molecule has 0 N–H and O–H groups in total. The predicted molar refractivity (Wildman–Crippen MR) is 102 cm³/mol. The van der Waals surface area contributed by atoms with Gasteiger partial charge in [-0.15, -0.1) is 0 Å². The lowest BCUT2D eigenvalue weighted by Crippen LogP contribution is -2.39. The summed E-state index contributed by atoms with van der Waals surface area (Å²) in [5.41, 5.74) is 3.51. The average Bonchev–Trinajstić information content (AvgIpc) is 3.12. The minimum atomic E-state index is 0.0848. The molecule has 1 saturated heterocycles. The molecule has 2 heterocycles. The van der Waals surface area contributed by atoms with Gasteiger partial charge in [-0.3, -0.25) is 4.79 Å². The van der Waals surface area contributed by atoms with Gasteiger partial charge in [-0.05, 0) is 36.6 Å². The smallest absolute Gasteiger partial charge is 0.253 e. The zero-order valence-corrected chi connectivity index (χ0v) is 15.3. The molecule has 0 bridgehead atoms. The first-order chi connectivity index (χ1) is 12.6. The Balaban J connectivity index is 1.55. The Morgan fingerprint density at radius 1 is 1.19 bits per heavy atom. The van der Waals surface area contributed by atoms with Crippen molar-refractivity contribution in [2.75, 3.05) is 13.1 Å². The summed E-state index contributed by atoms with van der Waals surface area (Å²) in [5, 5.41) is 0. The Bertz CT molecular complexity index is 914. The van der Waals surface area contributed by atoms with Gasteiger partial charge in [0, 0.05) is 30.5 Å². The Morgan fingerprint density at radius 2 is 2.00 bits per heavy atom. The van der Waals surface area contributed by atoms with E-state index in [2.05, 4.69) is 29.2 Å². The molecule has 1 aliphatic rings. The number of oxazole rings is 1. The molecule has 1 aromatic heterocycles. The Hall–Kier alpha value is -2.62. The largest absolute Gasteiger partial charge is 0.440 e. The van der Waals surface area contributed by atoms with Gasteiger partial charge >= 0.3 is 0 Å². The first kappa shape index (κ1) is 16.8. The highest BCUT2D eigenvalue weighted by molar-refractivity contribution is 5.97. The number of carbonyl (C=O) groups is 1. The molecule has 26 heavy (non-hydrogen) atoms. The van der Waals surface area contributed by atoms with E-state index in [0.717, 1.165) is 37.0 Å². The van der Waals surface area contributed by atoms with E-state index in [1.807, 2.05) is 43.0 Å². The molecule has 1 amide bonds. The van der Waals surface area contributed by atoms with Gasteiger partial charge in [0.05, 0.1) is 0 Å². The number of aromatic nitrogens is 1. The quantitative estimate of drug-likeness (QED) is 0.671. The van der Waals surface area contributed by atoms with E-state index in [1.54, 1.807) is 0 Å². The Labute approximate surface area is 153 Å². The fourth-order valence-corrected chi connectivity index (χ4v) is 3.67. The summed E-state index contributed by atoms with van der Waals surface area (Å²) < 4.78 is 5.75. The molecule has 0 radical (unpaired) electrons. The van der Waals surface area contributed by atoms with Gasteiger partial charge < -0.3 is 9.32 Å². The number of benzene rings is 2. The van der Waals surface area contributed by atoms with E-state index in [-0.39, 0.29) is 11.8 Å². The summed E-state index contributed by atoms with van der Waals surface area (Å²) in [6, 6.07) is 16.1. The molecule has 4 heteroatoms. The van der Waals surface area contributed by atoms with E-state index < -0.39 is 0 Å². The molecule has 3 aromatic rings. The van der Waals surface area contributed by atoms with E-state index in [9.17, 15) is 4.79 Å². The monoisotopic (exact) mass is 348 g/mol. The summed E-state index contributed by atoms with van der Waals surface area (Å²) >= 11 is 0. The predicted octanol–water partition coefficient (Wildman–Crippen LogP) is 4.97. The van der Waals surface area contributed by atoms with Crippen molar-refractivity contribution in [2.45, 2.75) is 38.5 Å². The molecule has 0 unspecified atom stereocenters. The molecule has 0 spiro atoms. The molecule has 1 fully saturated rings. The van der Waals surface area contributed by atoms with Gasteiger partial charge in [-0.2, -0.15) is 0 Å². The third-order valence-electron chi connectivity index (χ3n) is 5.12. The van der Waals surface area contributed by atoms with Crippen molar-refractivity contribution >= 4 is 17.0 Å². The highest BCUT2D eigenvalue weighted by Crippen LogP contribution is 2.28. The second kappa shape index (κ2) is 6.94. The molecular formula is C22H24N2O2. The van der Waals surface area contributed by atoms with Crippen LogP contribution in [0, 0.1) is 0 Å². The van der Waals surface area contributed by atoms with Gasteiger partial charge in [0.25, 0.3) is 5.91 Å². The lowest BCUT2D eigenvalue weighted by Gasteiger charge is -2.33. The van der Waals surface area contributed by atoms with Crippen molar-refractivity contribution in [3.63, 3.8) is 0 Å². The number of amides is 1. The number of hydrogen-bond acceptors (Lipinski definition) is 3.